The Morgan fingerprint density at radius 2 is 2.00 bits per heavy atom. The van der Waals surface area contributed by atoms with Crippen LogP contribution in [-0.2, 0) is 16.1 Å². The second-order valence-electron chi connectivity index (χ2n) is 4.64. The molecule has 1 aliphatic rings. The van der Waals surface area contributed by atoms with Crippen molar-refractivity contribution in [2.24, 2.45) is 11.7 Å². The first-order valence-corrected chi connectivity index (χ1v) is 5.71. The maximum atomic E-state index is 6.07. The van der Waals surface area contributed by atoms with Gasteiger partial charge in [0.25, 0.3) is 0 Å². The highest BCUT2D eigenvalue weighted by Crippen LogP contribution is 2.35. The van der Waals surface area contributed by atoms with Gasteiger partial charge in [-0.1, -0.05) is 44.2 Å². The Balaban J connectivity index is 1.91. The fraction of sp³-hybridized carbons (Fsp3) is 0.538. The maximum Gasteiger partial charge on any atom is 0.208 e. The van der Waals surface area contributed by atoms with Gasteiger partial charge in [-0.3, -0.25) is 0 Å². The van der Waals surface area contributed by atoms with Gasteiger partial charge < -0.3 is 15.2 Å². The predicted molar refractivity (Wildman–Crippen MR) is 62.7 cm³/mol. The van der Waals surface area contributed by atoms with Gasteiger partial charge in [-0.25, -0.2) is 0 Å². The molecule has 0 aromatic heterocycles. The lowest BCUT2D eigenvalue weighted by Crippen LogP contribution is -2.44. The van der Waals surface area contributed by atoms with E-state index in [0.717, 1.165) is 5.56 Å². The van der Waals surface area contributed by atoms with Gasteiger partial charge in [0, 0.05) is 0 Å². The van der Waals surface area contributed by atoms with Gasteiger partial charge in [0.15, 0.2) is 0 Å². The highest BCUT2D eigenvalue weighted by molar-refractivity contribution is 5.13. The first kappa shape index (κ1) is 11.6. The van der Waals surface area contributed by atoms with Gasteiger partial charge >= 0.3 is 0 Å². The van der Waals surface area contributed by atoms with Crippen molar-refractivity contribution >= 4 is 0 Å². The van der Waals surface area contributed by atoms with Crippen LogP contribution in [0.25, 0.3) is 0 Å². The molecular weight excluding hydrogens is 202 g/mol. The summed E-state index contributed by atoms with van der Waals surface area (Å²) in [7, 11) is 0. The lowest BCUT2D eigenvalue weighted by molar-refractivity contribution is -0.0783. The average molecular weight is 221 g/mol. The van der Waals surface area contributed by atoms with Gasteiger partial charge in [0.2, 0.25) is 5.79 Å². The molecule has 0 saturated carbocycles. The van der Waals surface area contributed by atoms with Crippen molar-refractivity contribution in [3.63, 3.8) is 0 Å². The zero-order valence-corrected chi connectivity index (χ0v) is 9.85. The summed E-state index contributed by atoms with van der Waals surface area (Å²) in [6.07, 6.45) is 0. The molecule has 0 aliphatic carbocycles. The normalized spacial score (nSPS) is 25.8. The molecule has 1 unspecified atom stereocenters. The summed E-state index contributed by atoms with van der Waals surface area (Å²) in [4.78, 5) is 0. The van der Waals surface area contributed by atoms with Gasteiger partial charge in [-0.05, 0) is 11.5 Å². The summed E-state index contributed by atoms with van der Waals surface area (Å²) in [6, 6.07) is 10.0. The fourth-order valence-corrected chi connectivity index (χ4v) is 1.73. The van der Waals surface area contributed by atoms with Crippen LogP contribution in [0.2, 0.25) is 0 Å². The largest absolute Gasteiger partial charge is 0.342 e. The highest BCUT2D eigenvalue weighted by Gasteiger charge is 2.52. The zero-order chi connectivity index (χ0) is 11.6. The average Bonchev–Trinajstić information content (AvgIpc) is 3.08. The third kappa shape index (κ3) is 2.43. The van der Waals surface area contributed by atoms with Crippen molar-refractivity contribution in [3.05, 3.63) is 35.9 Å². The van der Waals surface area contributed by atoms with E-state index in [9.17, 15) is 0 Å². The van der Waals surface area contributed by atoms with Crippen molar-refractivity contribution in [2.75, 3.05) is 6.61 Å². The fourth-order valence-electron chi connectivity index (χ4n) is 1.73. The molecule has 1 saturated heterocycles. The second kappa shape index (κ2) is 4.53. The number of ether oxygens (including phenoxy) is 2. The van der Waals surface area contributed by atoms with E-state index < -0.39 is 5.79 Å². The van der Waals surface area contributed by atoms with E-state index in [1.54, 1.807) is 0 Å². The molecule has 1 aliphatic heterocycles. The summed E-state index contributed by atoms with van der Waals surface area (Å²) in [6.45, 7) is 5.33. The Bertz CT molecular complexity index is 333. The number of epoxide rings is 1. The van der Waals surface area contributed by atoms with Crippen molar-refractivity contribution in [3.8, 4) is 0 Å². The summed E-state index contributed by atoms with van der Waals surface area (Å²) in [5.41, 5.74) is 7.22. The van der Waals surface area contributed by atoms with Crippen molar-refractivity contribution in [2.45, 2.75) is 32.3 Å². The van der Waals surface area contributed by atoms with Crippen LogP contribution in [-0.4, -0.2) is 18.4 Å². The summed E-state index contributed by atoms with van der Waals surface area (Å²) in [5.74, 6) is -0.178. The lowest BCUT2D eigenvalue weighted by Gasteiger charge is -2.23. The quantitative estimate of drug-likeness (QED) is 0.773. The van der Waals surface area contributed by atoms with Crippen LogP contribution in [0.1, 0.15) is 19.4 Å². The van der Waals surface area contributed by atoms with E-state index in [-0.39, 0.29) is 6.04 Å². The first-order valence-electron chi connectivity index (χ1n) is 5.71. The zero-order valence-electron chi connectivity index (χ0n) is 9.85. The van der Waals surface area contributed by atoms with Crippen LogP contribution in [0.5, 0.6) is 0 Å². The standard InChI is InChI=1S/C13H19NO2/c1-10(2)12(14)13(9-16-13)15-8-11-6-4-3-5-7-11/h3-7,10,12H,8-9,14H2,1-2H3/t12-,13?/m0/s1. The molecule has 0 radical (unpaired) electrons. The minimum Gasteiger partial charge on any atom is -0.342 e. The number of nitrogens with two attached hydrogens (primary N) is 1. The monoisotopic (exact) mass is 221 g/mol. The molecule has 3 nitrogen and oxygen atoms in total. The number of hydrogen-bond donors (Lipinski definition) is 1. The van der Waals surface area contributed by atoms with Crippen molar-refractivity contribution in [1.82, 2.24) is 0 Å². The summed E-state index contributed by atoms with van der Waals surface area (Å²) in [5, 5.41) is 0. The van der Waals surface area contributed by atoms with Gasteiger partial charge in [0.1, 0.15) is 6.61 Å². The van der Waals surface area contributed by atoms with Crippen LogP contribution >= 0.6 is 0 Å². The Morgan fingerprint density at radius 3 is 2.50 bits per heavy atom. The molecule has 2 rings (SSSR count). The number of benzene rings is 1. The van der Waals surface area contributed by atoms with Gasteiger partial charge in [-0.15, -0.1) is 0 Å². The molecular formula is C13H19NO2. The van der Waals surface area contributed by atoms with E-state index in [4.69, 9.17) is 15.2 Å². The van der Waals surface area contributed by atoms with Crippen LogP contribution < -0.4 is 5.73 Å². The topological polar surface area (TPSA) is 47.8 Å². The first-order chi connectivity index (χ1) is 7.64. The molecule has 3 heteroatoms. The Hall–Kier alpha value is -0.900. The molecule has 0 bridgehead atoms. The lowest BCUT2D eigenvalue weighted by atomic mass is 10.00. The molecule has 2 atom stereocenters. The van der Waals surface area contributed by atoms with Crippen LogP contribution in [0.3, 0.4) is 0 Å². The minimum atomic E-state index is -0.538. The summed E-state index contributed by atoms with van der Waals surface area (Å²) >= 11 is 0. The van der Waals surface area contributed by atoms with Crippen LogP contribution in [0.15, 0.2) is 30.3 Å². The van der Waals surface area contributed by atoms with Gasteiger partial charge in [-0.2, -0.15) is 0 Å². The van der Waals surface area contributed by atoms with E-state index >= 15 is 0 Å². The van der Waals surface area contributed by atoms with E-state index in [1.807, 2.05) is 30.3 Å². The molecule has 1 fully saturated rings. The van der Waals surface area contributed by atoms with E-state index in [2.05, 4.69) is 13.8 Å². The molecule has 1 heterocycles. The van der Waals surface area contributed by atoms with Crippen molar-refractivity contribution < 1.29 is 9.47 Å². The molecule has 88 valence electrons. The Morgan fingerprint density at radius 1 is 1.38 bits per heavy atom. The Labute approximate surface area is 96.5 Å². The SMILES string of the molecule is CC(C)[C@H](N)C1(OCc2ccccc2)CO1. The minimum absolute atomic E-state index is 0.0591. The molecule has 0 amide bonds. The van der Waals surface area contributed by atoms with E-state index in [0.29, 0.717) is 19.1 Å². The third-order valence-electron chi connectivity index (χ3n) is 2.98. The van der Waals surface area contributed by atoms with Crippen LogP contribution in [0, 0.1) is 5.92 Å². The third-order valence-corrected chi connectivity index (χ3v) is 2.98. The van der Waals surface area contributed by atoms with Crippen LogP contribution in [0.4, 0.5) is 0 Å². The molecule has 0 spiro atoms. The molecule has 2 N–H and O–H groups in total. The molecule has 1 aromatic carbocycles. The Kier molecular flexibility index (Phi) is 3.28. The highest BCUT2D eigenvalue weighted by atomic mass is 16.8. The smallest absolute Gasteiger partial charge is 0.208 e. The summed E-state index contributed by atoms with van der Waals surface area (Å²) < 4.78 is 11.2. The number of hydrogen-bond acceptors (Lipinski definition) is 3. The van der Waals surface area contributed by atoms with Gasteiger partial charge in [0.05, 0.1) is 12.6 Å². The van der Waals surface area contributed by atoms with E-state index in [1.165, 1.54) is 0 Å². The number of rotatable bonds is 5. The predicted octanol–water partition coefficient (Wildman–Crippen LogP) is 1.91. The maximum absolute atomic E-state index is 6.07. The second-order valence-corrected chi connectivity index (χ2v) is 4.64. The molecule has 16 heavy (non-hydrogen) atoms. The molecule has 1 aromatic rings. The van der Waals surface area contributed by atoms with Crippen molar-refractivity contribution in [1.29, 1.82) is 0 Å².